The number of hydrogen-bond donors (Lipinski definition) is 4. The third-order valence-electron chi connectivity index (χ3n) is 5.44. The van der Waals surface area contributed by atoms with Gasteiger partial charge in [-0.25, -0.2) is 4.79 Å². The summed E-state index contributed by atoms with van der Waals surface area (Å²) in [5.74, 6) is -1.54. The summed E-state index contributed by atoms with van der Waals surface area (Å²) in [5, 5.41) is 11.4. The number of nitrogens with zero attached hydrogens (tertiary/aromatic N) is 1. The fourth-order valence-corrected chi connectivity index (χ4v) is 3.81. The molecule has 2 aromatic carbocycles. The molecule has 2 heterocycles. The fraction of sp³-hybridized carbons (Fsp3) is 0.167. The Balaban J connectivity index is 1.35. The predicted molar refractivity (Wildman–Crippen MR) is 129 cm³/mol. The minimum atomic E-state index is -0.866. The van der Waals surface area contributed by atoms with Crippen LogP contribution in [0.25, 0.3) is 0 Å². The molecular formula is C24H22ClN5O4. The average Bonchev–Trinajstić information content (AvgIpc) is 3.05. The van der Waals surface area contributed by atoms with Crippen molar-refractivity contribution in [2.24, 2.45) is 0 Å². The van der Waals surface area contributed by atoms with Crippen LogP contribution in [0.1, 0.15) is 18.4 Å². The van der Waals surface area contributed by atoms with E-state index in [-0.39, 0.29) is 5.70 Å². The molecule has 0 aromatic heterocycles. The molecule has 4 N–H and O–H groups in total. The third-order valence-corrected chi connectivity index (χ3v) is 5.85. The van der Waals surface area contributed by atoms with Crippen LogP contribution in [0.15, 0.2) is 66.5 Å². The number of anilines is 3. The summed E-state index contributed by atoms with van der Waals surface area (Å²) in [5.41, 5.74) is 3.15. The van der Waals surface area contributed by atoms with Crippen LogP contribution in [0.3, 0.4) is 0 Å². The number of aryl methyl sites for hydroxylation is 1. The number of imide groups is 1. The molecule has 10 heteroatoms. The highest BCUT2D eigenvalue weighted by molar-refractivity contribution is 6.31. The van der Waals surface area contributed by atoms with Gasteiger partial charge in [0.2, 0.25) is 5.91 Å². The number of amides is 5. The molecule has 2 aromatic rings. The summed E-state index contributed by atoms with van der Waals surface area (Å²) < 4.78 is 0. The molecule has 1 atom stereocenters. The average molecular weight is 480 g/mol. The standard InChI is InChI=1S/C24H22ClN5O4/c1-13-3-5-17(11-18(13)25)29-24(34)28-16-8-6-15(7-9-16)27-19-12-21(31)30(23(19)33)20-10-4-14(2)26-22(20)32/h3,5-9,11-12,20,27H,2,4,10H2,1H3,(H,26,32)(H2,28,29,34). The minimum absolute atomic E-state index is 0.0666. The molecule has 0 spiro atoms. The van der Waals surface area contributed by atoms with Crippen molar-refractivity contribution in [2.75, 3.05) is 16.0 Å². The summed E-state index contributed by atoms with van der Waals surface area (Å²) in [6.07, 6.45) is 2.00. The molecule has 9 nitrogen and oxygen atoms in total. The first-order valence-electron chi connectivity index (χ1n) is 10.5. The maximum absolute atomic E-state index is 12.8. The molecule has 1 fully saturated rings. The summed E-state index contributed by atoms with van der Waals surface area (Å²) in [6, 6.07) is 10.5. The number of piperidine rings is 1. The lowest BCUT2D eigenvalue weighted by molar-refractivity contribution is -0.146. The second-order valence-corrected chi connectivity index (χ2v) is 8.37. The van der Waals surface area contributed by atoms with Crippen LogP contribution in [-0.2, 0) is 14.4 Å². The van der Waals surface area contributed by atoms with E-state index in [1.165, 1.54) is 6.08 Å². The molecule has 34 heavy (non-hydrogen) atoms. The first-order valence-corrected chi connectivity index (χ1v) is 10.9. The number of hydrogen-bond acceptors (Lipinski definition) is 5. The van der Waals surface area contributed by atoms with E-state index in [1.54, 1.807) is 42.5 Å². The summed E-state index contributed by atoms with van der Waals surface area (Å²) in [6.45, 7) is 5.58. The minimum Gasteiger partial charge on any atom is -0.351 e. The van der Waals surface area contributed by atoms with Gasteiger partial charge in [0.15, 0.2) is 0 Å². The monoisotopic (exact) mass is 479 g/mol. The Hall–Kier alpha value is -4.11. The molecule has 1 unspecified atom stereocenters. The molecule has 0 aliphatic carbocycles. The van der Waals surface area contributed by atoms with E-state index in [4.69, 9.17) is 11.6 Å². The van der Waals surface area contributed by atoms with Gasteiger partial charge >= 0.3 is 6.03 Å². The number of urea groups is 1. The van der Waals surface area contributed by atoms with E-state index in [0.717, 1.165) is 10.5 Å². The first kappa shape index (κ1) is 23.1. The van der Waals surface area contributed by atoms with Gasteiger partial charge in [-0.3, -0.25) is 19.3 Å². The van der Waals surface area contributed by atoms with Gasteiger partial charge in [-0.05, 0) is 61.7 Å². The van der Waals surface area contributed by atoms with Crippen molar-refractivity contribution in [1.29, 1.82) is 0 Å². The molecule has 2 aliphatic rings. The Morgan fingerprint density at radius 3 is 2.38 bits per heavy atom. The second-order valence-electron chi connectivity index (χ2n) is 7.96. The largest absolute Gasteiger partial charge is 0.351 e. The van der Waals surface area contributed by atoms with Crippen molar-refractivity contribution in [3.63, 3.8) is 0 Å². The molecule has 4 rings (SSSR count). The highest BCUT2D eigenvalue weighted by atomic mass is 35.5. The predicted octanol–water partition coefficient (Wildman–Crippen LogP) is 3.75. The van der Waals surface area contributed by atoms with E-state index in [2.05, 4.69) is 27.8 Å². The SMILES string of the molecule is C=C1CCC(N2C(=O)C=C(Nc3ccc(NC(=O)Nc4ccc(C)c(Cl)c4)cc3)C2=O)C(=O)N1. The van der Waals surface area contributed by atoms with Crippen molar-refractivity contribution in [3.05, 3.63) is 77.1 Å². The second kappa shape index (κ2) is 9.40. The quantitative estimate of drug-likeness (QED) is 0.487. The topological polar surface area (TPSA) is 120 Å². The lowest BCUT2D eigenvalue weighted by Gasteiger charge is -2.29. The van der Waals surface area contributed by atoms with Crippen LogP contribution in [0.4, 0.5) is 21.9 Å². The van der Waals surface area contributed by atoms with Crippen LogP contribution in [0.2, 0.25) is 5.02 Å². The molecule has 2 aliphatic heterocycles. The van der Waals surface area contributed by atoms with E-state index in [1.807, 2.05) is 6.92 Å². The van der Waals surface area contributed by atoms with Crippen LogP contribution in [0, 0.1) is 6.92 Å². The molecule has 0 saturated carbocycles. The van der Waals surface area contributed by atoms with Crippen LogP contribution >= 0.6 is 11.6 Å². The third kappa shape index (κ3) is 4.94. The zero-order valence-corrected chi connectivity index (χ0v) is 19.0. The Labute approximate surface area is 200 Å². The zero-order valence-electron chi connectivity index (χ0n) is 18.3. The van der Waals surface area contributed by atoms with E-state index in [0.29, 0.717) is 40.6 Å². The summed E-state index contributed by atoms with van der Waals surface area (Å²) in [4.78, 5) is 50.6. The van der Waals surface area contributed by atoms with Crippen LogP contribution in [0.5, 0.6) is 0 Å². The Bertz CT molecular complexity index is 1240. The lowest BCUT2D eigenvalue weighted by Crippen LogP contribution is -2.52. The van der Waals surface area contributed by atoms with Gasteiger partial charge in [-0.1, -0.05) is 24.2 Å². The van der Waals surface area contributed by atoms with Crippen molar-refractivity contribution in [2.45, 2.75) is 25.8 Å². The van der Waals surface area contributed by atoms with Gasteiger partial charge in [0.1, 0.15) is 11.7 Å². The van der Waals surface area contributed by atoms with Crippen molar-refractivity contribution in [3.8, 4) is 0 Å². The number of nitrogens with one attached hydrogen (secondary N) is 4. The smallest absolute Gasteiger partial charge is 0.323 e. The number of halogens is 1. The van der Waals surface area contributed by atoms with E-state index < -0.39 is 29.8 Å². The van der Waals surface area contributed by atoms with E-state index in [9.17, 15) is 19.2 Å². The number of rotatable bonds is 5. The number of benzene rings is 2. The fourth-order valence-electron chi connectivity index (χ4n) is 3.63. The van der Waals surface area contributed by atoms with Gasteiger partial charge in [0, 0.05) is 33.9 Å². The highest BCUT2D eigenvalue weighted by Gasteiger charge is 2.41. The first-order chi connectivity index (χ1) is 16.2. The molecule has 5 amide bonds. The van der Waals surface area contributed by atoms with E-state index >= 15 is 0 Å². The number of carbonyl (C=O) groups is 4. The van der Waals surface area contributed by atoms with Crippen LogP contribution < -0.4 is 21.3 Å². The summed E-state index contributed by atoms with van der Waals surface area (Å²) in [7, 11) is 0. The normalized spacial score (nSPS) is 17.9. The van der Waals surface area contributed by atoms with Crippen molar-refractivity contribution < 1.29 is 19.2 Å². The van der Waals surface area contributed by atoms with Crippen LogP contribution in [-0.4, -0.2) is 34.7 Å². The van der Waals surface area contributed by atoms with Gasteiger partial charge < -0.3 is 21.3 Å². The zero-order chi connectivity index (χ0) is 24.4. The molecule has 0 bridgehead atoms. The van der Waals surface area contributed by atoms with Crippen molar-refractivity contribution >= 4 is 52.4 Å². The molecule has 0 radical (unpaired) electrons. The Kier molecular flexibility index (Phi) is 6.38. The van der Waals surface area contributed by atoms with Gasteiger partial charge in [0.25, 0.3) is 11.8 Å². The maximum atomic E-state index is 12.8. The Morgan fingerprint density at radius 1 is 1.06 bits per heavy atom. The van der Waals surface area contributed by atoms with Gasteiger partial charge in [-0.2, -0.15) is 0 Å². The number of allylic oxidation sites excluding steroid dienone is 1. The van der Waals surface area contributed by atoms with Crippen molar-refractivity contribution in [1.82, 2.24) is 10.2 Å². The van der Waals surface area contributed by atoms with Gasteiger partial charge in [0.05, 0.1) is 0 Å². The lowest BCUT2D eigenvalue weighted by atomic mass is 10.0. The summed E-state index contributed by atoms with van der Waals surface area (Å²) >= 11 is 6.08. The number of carbonyl (C=O) groups excluding carboxylic acids is 4. The maximum Gasteiger partial charge on any atom is 0.323 e. The van der Waals surface area contributed by atoms with Gasteiger partial charge in [-0.15, -0.1) is 0 Å². The Morgan fingerprint density at radius 2 is 1.71 bits per heavy atom. The molecule has 1 saturated heterocycles. The molecular weight excluding hydrogens is 458 g/mol. The highest BCUT2D eigenvalue weighted by Crippen LogP contribution is 2.25. The molecule has 174 valence electrons.